The van der Waals surface area contributed by atoms with Gasteiger partial charge < -0.3 is 15.2 Å². The Hall–Kier alpha value is -1.16. The van der Waals surface area contributed by atoms with Crippen LogP contribution in [0.15, 0.2) is 21.0 Å². The van der Waals surface area contributed by atoms with E-state index in [0.717, 1.165) is 34.7 Å². The van der Waals surface area contributed by atoms with Crippen molar-refractivity contribution in [2.45, 2.75) is 66.0 Å². The van der Waals surface area contributed by atoms with E-state index in [-0.39, 0.29) is 29.4 Å². The number of hydrogen-bond donors (Lipinski definition) is 2. The van der Waals surface area contributed by atoms with Gasteiger partial charge in [0.05, 0.1) is 17.9 Å². The van der Waals surface area contributed by atoms with Gasteiger partial charge in [-0.05, 0) is 12.8 Å². The van der Waals surface area contributed by atoms with Crippen LogP contribution in [0, 0.1) is 0 Å². The zero-order valence-corrected chi connectivity index (χ0v) is 19.6. The molecule has 0 aromatic carbocycles. The lowest BCUT2D eigenvalue weighted by molar-refractivity contribution is 0.376. The highest BCUT2D eigenvalue weighted by Gasteiger charge is 2.17. The standard InChI is InChI=1S/C18H29N5OS.HI/c1-7-19-17(20-9-13-8-14(12(2)3)23-24-13)21-10-16-22-15(11-25-16)18(4,5)6;/h8,11-12H,7,9-10H2,1-6H3,(H2,19,20,21);1H. The van der Waals surface area contributed by atoms with Gasteiger partial charge in [0, 0.05) is 23.4 Å². The van der Waals surface area contributed by atoms with Crippen molar-refractivity contribution < 1.29 is 4.52 Å². The smallest absolute Gasteiger partial charge is 0.192 e. The lowest BCUT2D eigenvalue weighted by Crippen LogP contribution is -2.36. The van der Waals surface area contributed by atoms with Crippen molar-refractivity contribution >= 4 is 41.3 Å². The van der Waals surface area contributed by atoms with Crippen LogP contribution in [0.3, 0.4) is 0 Å². The summed E-state index contributed by atoms with van der Waals surface area (Å²) in [6.07, 6.45) is 0. The predicted molar refractivity (Wildman–Crippen MR) is 118 cm³/mol. The van der Waals surface area contributed by atoms with Crippen molar-refractivity contribution in [1.29, 1.82) is 0 Å². The van der Waals surface area contributed by atoms with Crippen molar-refractivity contribution in [3.8, 4) is 0 Å². The Morgan fingerprint density at radius 3 is 2.58 bits per heavy atom. The van der Waals surface area contributed by atoms with Gasteiger partial charge in [0.25, 0.3) is 0 Å². The summed E-state index contributed by atoms with van der Waals surface area (Å²) in [6, 6.07) is 1.97. The normalized spacial score (nSPS) is 12.2. The fraction of sp³-hybridized carbons (Fsp3) is 0.611. The minimum Gasteiger partial charge on any atom is -0.359 e. The molecule has 0 aliphatic carbocycles. The fourth-order valence-corrected chi connectivity index (χ4v) is 3.03. The highest BCUT2D eigenvalue weighted by atomic mass is 127. The number of nitrogens with zero attached hydrogens (tertiary/aromatic N) is 3. The summed E-state index contributed by atoms with van der Waals surface area (Å²) in [7, 11) is 0. The Morgan fingerprint density at radius 2 is 2.04 bits per heavy atom. The molecule has 2 heterocycles. The largest absolute Gasteiger partial charge is 0.359 e. The van der Waals surface area contributed by atoms with Gasteiger partial charge >= 0.3 is 0 Å². The Morgan fingerprint density at radius 1 is 1.31 bits per heavy atom. The predicted octanol–water partition coefficient (Wildman–Crippen LogP) is 4.43. The molecule has 0 aliphatic heterocycles. The highest BCUT2D eigenvalue weighted by molar-refractivity contribution is 14.0. The molecule has 2 aromatic heterocycles. The average molecular weight is 491 g/mol. The maximum atomic E-state index is 5.34. The molecule has 0 radical (unpaired) electrons. The monoisotopic (exact) mass is 491 g/mol. The van der Waals surface area contributed by atoms with E-state index in [1.165, 1.54) is 0 Å². The third-order valence-corrected chi connectivity index (χ3v) is 4.48. The molecule has 6 nitrogen and oxygen atoms in total. The first-order chi connectivity index (χ1) is 11.8. The summed E-state index contributed by atoms with van der Waals surface area (Å²) in [5.74, 6) is 1.87. The van der Waals surface area contributed by atoms with Gasteiger partial charge in [0.2, 0.25) is 0 Å². The van der Waals surface area contributed by atoms with Gasteiger partial charge in [-0.1, -0.05) is 39.8 Å². The third kappa shape index (κ3) is 6.86. The van der Waals surface area contributed by atoms with E-state index in [2.05, 4.69) is 60.8 Å². The number of guanidine groups is 1. The molecule has 0 aliphatic rings. The van der Waals surface area contributed by atoms with Crippen molar-refractivity contribution in [2.75, 3.05) is 6.54 Å². The molecule has 0 saturated carbocycles. The Labute approximate surface area is 177 Å². The Balaban J connectivity index is 0.00000338. The molecule has 0 fully saturated rings. The molecular formula is C18H30IN5OS. The zero-order chi connectivity index (χ0) is 18.4. The lowest BCUT2D eigenvalue weighted by atomic mass is 9.93. The first kappa shape index (κ1) is 22.9. The first-order valence-electron chi connectivity index (χ1n) is 8.72. The van der Waals surface area contributed by atoms with Crippen LogP contribution in [0.5, 0.6) is 0 Å². The fourth-order valence-electron chi connectivity index (χ4n) is 2.07. The second-order valence-electron chi connectivity index (χ2n) is 7.30. The van der Waals surface area contributed by atoms with Crippen LogP contribution in [0.2, 0.25) is 0 Å². The molecule has 0 amide bonds. The molecule has 146 valence electrons. The minimum atomic E-state index is 0. The summed E-state index contributed by atoms with van der Waals surface area (Å²) in [6.45, 7) is 14.7. The molecule has 0 bridgehead atoms. The summed E-state index contributed by atoms with van der Waals surface area (Å²) in [5, 5.41) is 13.8. The zero-order valence-electron chi connectivity index (χ0n) is 16.4. The molecule has 26 heavy (non-hydrogen) atoms. The summed E-state index contributed by atoms with van der Waals surface area (Å²) < 4.78 is 5.34. The van der Waals surface area contributed by atoms with E-state index >= 15 is 0 Å². The van der Waals surface area contributed by atoms with Crippen molar-refractivity contribution in [1.82, 2.24) is 20.8 Å². The molecule has 2 aromatic rings. The maximum absolute atomic E-state index is 5.34. The van der Waals surface area contributed by atoms with Crippen LogP contribution < -0.4 is 10.6 Å². The second-order valence-corrected chi connectivity index (χ2v) is 8.24. The van der Waals surface area contributed by atoms with Gasteiger partial charge in [0.1, 0.15) is 11.6 Å². The summed E-state index contributed by atoms with van der Waals surface area (Å²) >= 11 is 1.67. The lowest BCUT2D eigenvalue weighted by Gasteiger charge is -2.14. The van der Waals surface area contributed by atoms with Crippen LogP contribution in [0.25, 0.3) is 0 Å². The van der Waals surface area contributed by atoms with Gasteiger partial charge in [-0.15, -0.1) is 35.3 Å². The van der Waals surface area contributed by atoms with E-state index < -0.39 is 0 Å². The topological polar surface area (TPSA) is 75.3 Å². The van der Waals surface area contributed by atoms with Crippen LogP contribution in [-0.2, 0) is 18.5 Å². The van der Waals surface area contributed by atoms with E-state index in [1.54, 1.807) is 11.3 Å². The van der Waals surface area contributed by atoms with Gasteiger partial charge in [-0.3, -0.25) is 0 Å². The molecule has 0 spiro atoms. The van der Waals surface area contributed by atoms with Crippen molar-refractivity contribution in [3.05, 3.63) is 33.6 Å². The molecule has 0 unspecified atom stereocenters. The number of thiazole rings is 1. The van der Waals surface area contributed by atoms with Gasteiger partial charge in [-0.25, -0.2) is 9.98 Å². The molecule has 0 saturated heterocycles. The summed E-state index contributed by atoms with van der Waals surface area (Å²) in [4.78, 5) is 9.26. The summed E-state index contributed by atoms with van der Waals surface area (Å²) in [5.41, 5.74) is 2.16. The molecule has 8 heteroatoms. The molecular weight excluding hydrogens is 461 g/mol. The molecule has 2 N–H and O–H groups in total. The van der Waals surface area contributed by atoms with Gasteiger partial charge in [0.15, 0.2) is 11.7 Å². The maximum Gasteiger partial charge on any atom is 0.192 e. The van der Waals surface area contributed by atoms with Crippen LogP contribution in [-0.4, -0.2) is 22.6 Å². The van der Waals surface area contributed by atoms with E-state index in [4.69, 9.17) is 9.51 Å². The quantitative estimate of drug-likeness (QED) is 0.356. The number of aromatic nitrogens is 2. The number of aliphatic imine (C=N–C) groups is 1. The molecule has 0 atom stereocenters. The SMILES string of the molecule is CCNC(=NCc1cc(C(C)C)no1)NCc1nc(C(C)(C)C)cs1.I. The van der Waals surface area contributed by atoms with Crippen molar-refractivity contribution in [2.24, 2.45) is 4.99 Å². The second kappa shape index (κ2) is 10.2. The van der Waals surface area contributed by atoms with E-state index in [1.807, 2.05) is 13.0 Å². The first-order valence-corrected chi connectivity index (χ1v) is 9.60. The third-order valence-electron chi connectivity index (χ3n) is 3.63. The molecule has 2 rings (SSSR count). The Kier molecular flexibility index (Phi) is 9.02. The van der Waals surface area contributed by atoms with Crippen LogP contribution >= 0.6 is 35.3 Å². The van der Waals surface area contributed by atoms with E-state index in [0.29, 0.717) is 19.0 Å². The number of halogens is 1. The Bertz CT molecular complexity index is 703. The number of hydrogen-bond acceptors (Lipinski definition) is 5. The minimum absolute atomic E-state index is 0. The van der Waals surface area contributed by atoms with Gasteiger partial charge in [-0.2, -0.15) is 0 Å². The van der Waals surface area contributed by atoms with Crippen LogP contribution in [0.1, 0.15) is 69.6 Å². The number of nitrogens with one attached hydrogen (secondary N) is 2. The van der Waals surface area contributed by atoms with Crippen molar-refractivity contribution in [3.63, 3.8) is 0 Å². The van der Waals surface area contributed by atoms with Crippen LogP contribution in [0.4, 0.5) is 0 Å². The highest BCUT2D eigenvalue weighted by Crippen LogP contribution is 2.23. The van der Waals surface area contributed by atoms with E-state index in [9.17, 15) is 0 Å². The number of rotatable bonds is 6. The average Bonchev–Trinajstić information content (AvgIpc) is 3.18.